The summed E-state index contributed by atoms with van der Waals surface area (Å²) in [5, 5.41) is 11.9. The van der Waals surface area contributed by atoms with Crippen molar-refractivity contribution in [3.05, 3.63) is 0 Å². The molecule has 0 aromatic heterocycles. The molecule has 17 heavy (non-hydrogen) atoms. The van der Waals surface area contributed by atoms with Gasteiger partial charge >= 0.3 is 0 Å². The van der Waals surface area contributed by atoms with Crippen LogP contribution in [0.15, 0.2) is 0 Å². The average molecular weight is 237 g/mol. The second kappa shape index (κ2) is 8.49. The van der Waals surface area contributed by atoms with Crippen LogP contribution in [-0.4, -0.2) is 37.1 Å². The topological polar surface area (TPSA) is 39.1 Å². The molecular formula is C14H27N3. The summed E-state index contributed by atoms with van der Waals surface area (Å²) in [4.78, 5) is 2.52. The van der Waals surface area contributed by atoms with Gasteiger partial charge < -0.3 is 10.2 Å². The first kappa shape index (κ1) is 14.5. The number of hydrogen-bond donors (Lipinski definition) is 1. The average Bonchev–Trinajstić information content (AvgIpc) is 2.36. The monoisotopic (exact) mass is 237 g/mol. The van der Waals surface area contributed by atoms with Crippen molar-refractivity contribution in [1.82, 2.24) is 10.2 Å². The first-order valence-corrected chi connectivity index (χ1v) is 7.04. The minimum absolute atomic E-state index is 0.333. The van der Waals surface area contributed by atoms with Gasteiger partial charge in [-0.25, -0.2) is 0 Å². The van der Waals surface area contributed by atoms with Crippen LogP contribution >= 0.6 is 0 Å². The van der Waals surface area contributed by atoms with Crippen LogP contribution in [0.25, 0.3) is 0 Å². The maximum Gasteiger partial charge on any atom is 0.0638 e. The van der Waals surface area contributed by atoms with Gasteiger partial charge in [0.2, 0.25) is 0 Å². The highest BCUT2D eigenvalue weighted by Crippen LogP contribution is 2.21. The molecule has 1 fully saturated rings. The molecule has 0 saturated heterocycles. The molecule has 98 valence electrons. The fourth-order valence-corrected chi connectivity index (χ4v) is 2.59. The molecule has 1 N–H and O–H groups in total. The third kappa shape index (κ3) is 6.05. The Balaban J connectivity index is 2.03. The summed E-state index contributed by atoms with van der Waals surface area (Å²) < 4.78 is 0. The van der Waals surface area contributed by atoms with Gasteiger partial charge in [-0.2, -0.15) is 5.26 Å². The van der Waals surface area contributed by atoms with Crippen molar-refractivity contribution in [2.75, 3.05) is 20.1 Å². The van der Waals surface area contributed by atoms with E-state index in [4.69, 9.17) is 5.26 Å². The van der Waals surface area contributed by atoms with Crippen molar-refractivity contribution in [1.29, 1.82) is 5.26 Å². The third-order valence-electron chi connectivity index (χ3n) is 3.78. The third-order valence-corrected chi connectivity index (χ3v) is 3.78. The Morgan fingerprint density at radius 2 is 2.06 bits per heavy atom. The van der Waals surface area contributed by atoms with Gasteiger partial charge in [0.05, 0.1) is 12.5 Å². The molecule has 0 aliphatic heterocycles. The lowest BCUT2D eigenvalue weighted by molar-refractivity contribution is 0.189. The van der Waals surface area contributed by atoms with Crippen LogP contribution in [0, 0.1) is 11.3 Å². The Morgan fingerprint density at radius 1 is 1.35 bits per heavy atom. The minimum atomic E-state index is 0.333. The summed E-state index contributed by atoms with van der Waals surface area (Å²) in [5.41, 5.74) is 0. The number of nitriles is 1. The summed E-state index contributed by atoms with van der Waals surface area (Å²) in [6.07, 6.45) is 8.81. The highest BCUT2D eigenvalue weighted by molar-refractivity contribution is 4.77. The second-order valence-corrected chi connectivity index (χ2v) is 5.34. The summed E-state index contributed by atoms with van der Waals surface area (Å²) in [6, 6.07) is 3.35. The van der Waals surface area contributed by atoms with Crippen LogP contribution < -0.4 is 5.32 Å². The van der Waals surface area contributed by atoms with E-state index in [1.54, 1.807) is 0 Å². The molecule has 0 amide bonds. The van der Waals surface area contributed by atoms with E-state index in [1.807, 2.05) is 0 Å². The number of rotatable bonds is 7. The number of nitrogens with zero attached hydrogens (tertiary/aromatic N) is 2. The molecule has 0 aromatic carbocycles. The Labute approximate surface area is 106 Å². The summed E-state index contributed by atoms with van der Waals surface area (Å²) >= 11 is 0. The minimum Gasteiger partial charge on any atom is -0.313 e. The Bertz CT molecular complexity index is 228. The van der Waals surface area contributed by atoms with E-state index in [2.05, 4.69) is 30.3 Å². The molecular weight excluding hydrogens is 210 g/mol. The molecule has 1 atom stereocenters. The van der Waals surface area contributed by atoms with E-state index in [-0.39, 0.29) is 0 Å². The Hall–Kier alpha value is -0.590. The van der Waals surface area contributed by atoms with Gasteiger partial charge in [-0.1, -0.05) is 19.3 Å². The van der Waals surface area contributed by atoms with Gasteiger partial charge in [0, 0.05) is 12.1 Å². The van der Waals surface area contributed by atoms with Gasteiger partial charge in [0.1, 0.15) is 0 Å². The summed E-state index contributed by atoms with van der Waals surface area (Å²) in [6.45, 7) is 4.28. The lowest BCUT2D eigenvalue weighted by atomic mass is 9.94. The Morgan fingerprint density at radius 3 is 2.71 bits per heavy atom. The zero-order valence-electron chi connectivity index (χ0n) is 11.4. The van der Waals surface area contributed by atoms with Gasteiger partial charge in [0.25, 0.3) is 0 Å². The van der Waals surface area contributed by atoms with E-state index in [0.29, 0.717) is 12.5 Å². The van der Waals surface area contributed by atoms with Crippen LogP contribution in [0.5, 0.6) is 0 Å². The maximum absolute atomic E-state index is 8.55. The van der Waals surface area contributed by atoms with E-state index in [0.717, 1.165) is 12.6 Å². The van der Waals surface area contributed by atoms with Crippen molar-refractivity contribution in [3.8, 4) is 6.07 Å². The molecule has 0 aromatic rings. The Kier molecular flexibility index (Phi) is 7.23. The second-order valence-electron chi connectivity index (χ2n) is 5.34. The van der Waals surface area contributed by atoms with Crippen LogP contribution in [0.3, 0.4) is 0 Å². The molecule has 3 heteroatoms. The van der Waals surface area contributed by atoms with Crippen molar-refractivity contribution in [2.24, 2.45) is 0 Å². The van der Waals surface area contributed by atoms with Gasteiger partial charge in [-0.3, -0.25) is 0 Å². The molecule has 1 aliphatic carbocycles. The zero-order valence-corrected chi connectivity index (χ0v) is 11.4. The standard InChI is InChI=1S/C14H27N3/c1-13(9-10-15)16-11-6-12-17(2)14-7-4-3-5-8-14/h13-14,16H,3-9,11-12H2,1-2H3. The highest BCUT2D eigenvalue weighted by Gasteiger charge is 2.17. The van der Waals surface area contributed by atoms with Crippen LogP contribution in [0.2, 0.25) is 0 Å². The highest BCUT2D eigenvalue weighted by atomic mass is 15.1. The van der Waals surface area contributed by atoms with E-state index >= 15 is 0 Å². The van der Waals surface area contributed by atoms with Gasteiger partial charge in [0.15, 0.2) is 0 Å². The van der Waals surface area contributed by atoms with Crippen molar-refractivity contribution >= 4 is 0 Å². The predicted octanol–water partition coefficient (Wildman–Crippen LogP) is 2.53. The summed E-state index contributed by atoms with van der Waals surface area (Å²) in [5.74, 6) is 0. The smallest absolute Gasteiger partial charge is 0.0638 e. The first-order valence-electron chi connectivity index (χ1n) is 7.04. The molecule has 0 spiro atoms. The van der Waals surface area contributed by atoms with Gasteiger partial charge in [-0.05, 0) is 46.3 Å². The fraction of sp³-hybridized carbons (Fsp3) is 0.929. The van der Waals surface area contributed by atoms with Crippen LogP contribution in [0.4, 0.5) is 0 Å². The van der Waals surface area contributed by atoms with Crippen molar-refractivity contribution < 1.29 is 0 Å². The molecule has 3 nitrogen and oxygen atoms in total. The van der Waals surface area contributed by atoms with Crippen molar-refractivity contribution in [3.63, 3.8) is 0 Å². The molecule has 1 rings (SSSR count). The largest absolute Gasteiger partial charge is 0.313 e. The van der Waals surface area contributed by atoms with E-state index in [9.17, 15) is 0 Å². The SMILES string of the molecule is CC(CC#N)NCCCN(C)C1CCCCC1. The molecule has 1 unspecified atom stereocenters. The molecule has 0 radical (unpaired) electrons. The normalized spacial score (nSPS) is 19.2. The van der Waals surface area contributed by atoms with Crippen molar-refractivity contribution in [2.45, 2.75) is 64.0 Å². The number of hydrogen-bond acceptors (Lipinski definition) is 3. The maximum atomic E-state index is 8.55. The first-order chi connectivity index (χ1) is 8.24. The lowest BCUT2D eigenvalue weighted by Crippen LogP contribution is -2.36. The molecule has 1 saturated carbocycles. The van der Waals surface area contributed by atoms with Gasteiger partial charge in [-0.15, -0.1) is 0 Å². The zero-order chi connectivity index (χ0) is 12.5. The van der Waals surface area contributed by atoms with Crippen LogP contribution in [-0.2, 0) is 0 Å². The quantitative estimate of drug-likeness (QED) is 0.692. The predicted molar refractivity (Wildman–Crippen MR) is 71.8 cm³/mol. The molecule has 1 aliphatic rings. The van der Waals surface area contributed by atoms with E-state index < -0.39 is 0 Å². The lowest BCUT2D eigenvalue weighted by Gasteiger charge is -2.31. The van der Waals surface area contributed by atoms with Crippen LogP contribution in [0.1, 0.15) is 51.9 Å². The number of nitrogens with one attached hydrogen (secondary N) is 1. The molecule has 0 heterocycles. The summed E-state index contributed by atoms with van der Waals surface area (Å²) in [7, 11) is 2.26. The fourth-order valence-electron chi connectivity index (χ4n) is 2.59. The molecule has 0 bridgehead atoms. The van der Waals surface area contributed by atoms with E-state index in [1.165, 1.54) is 45.1 Å².